The predicted molar refractivity (Wildman–Crippen MR) is 73.5 cm³/mol. The fourth-order valence-electron chi connectivity index (χ4n) is 1.42. The quantitative estimate of drug-likeness (QED) is 0.847. The van der Waals surface area contributed by atoms with E-state index < -0.39 is 5.97 Å². The van der Waals surface area contributed by atoms with E-state index in [1.807, 2.05) is 12.1 Å². The highest BCUT2D eigenvalue weighted by Crippen LogP contribution is 2.32. The summed E-state index contributed by atoms with van der Waals surface area (Å²) in [7, 11) is 0. The van der Waals surface area contributed by atoms with Crippen molar-refractivity contribution in [3.8, 4) is 11.3 Å². The van der Waals surface area contributed by atoms with Crippen LogP contribution < -0.4 is 0 Å². The van der Waals surface area contributed by atoms with Crippen LogP contribution in [-0.4, -0.2) is 11.1 Å². The number of benzene rings is 1. The standard InChI is InChI=1S/C13H8BrClO3/c14-11-7-10(5-6-12(16)17)18-13(11)8-1-3-9(15)4-2-8/h1-7H,(H,16,17). The molecule has 1 aromatic carbocycles. The van der Waals surface area contributed by atoms with Gasteiger partial charge in [-0.3, -0.25) is 0 Å². The number of furan rings is 1. The third-order valence-corrected chi connectivity index (χ3v) is 3.04. The zero-order chi connectivity index (χ0) is 13.1. The number of carbonyl (C=O) groups is 1. The van der Waals surface area contributed by atoms with Crippen LogP contribution >= 0.6 is 27.5 Å². The van der Waals surface area contributed by atoms with Gasteiger partial charge in [0, 0.05) is 16.7 Å². The highest BCUT2D eigenvalue weighted by atomic mass is 79.9. The summed E-state index contributed by atoms with van der Waals surface area (Å²) in [5, 5.41) is 9.19. The summed E-state index contributed by atoms with van der Waals surface area (Å²) in [4.78, 5) is 10.4. The summed E-state index contributed by atoms with van der Waals surface area (Å²) in [6.07, 6.45) is 2.42. The Hall–Kier alpha value is -1.52. The highest BCUT2D eigenvalue weighted by Gasteiger charge is 2.09. The van der Waals surface area contributed by atoms with E-state index in [1.54, 1.807) is 18.2 Å². The molecule has 0 radical (unpaired) electrons. The van der Waals surface area contributed by atoms with Gasteiger partial charge < -0.3 is 9.52 Å². The highest BCUT2D eigenvalue weighted by molar-refractivity contribution is 9.10. The van der Waals surface area contributed by atoms with E-state index in [-0.39, 0.29) is 0 Å². The minimum Gasteiger partial charge on any atom is -0.478 e. The van der Waals surface area contributed by atoms with Crippen molar-refractivity contribution in [1.29, 1.82) is 0 Å². The third kappa shape index (κ3) is 3.03. The molecule has 0 unspecified atom stereocenters. The van der Waals surface area contributed by atoms with Gasteiger partial charge in [0.1, 0.15) is 11.5 Å². The SMILES string of the molecule is O=C(O)C=Cc1cc(Br)c(-c2ccc(Cl)cc2)o1. The molecule has 92 valence electrons. The minimum atomic E-state index is -1.02. The lowest BCUT2D eigenvalue weighted by molar-refractivity contribution is -0.131. The van der Waals surface area contributed by atoms with Gasteiger partial charge in [-0.05, 0) is 52.3 Å². The topological polar surface area (TPSA) is 50.4 Å². The summed E-state index contributed by atoms with van der Waals surface area (Å²) >= 11 is 9.18. The molecule has 18 heavy (non-hydrogen) atoms. The molecule has 1 N–H and O–H groups in total. The van der Waals surface area contributed by atoms with Crippen molar-refractivity contribution in [3.05, 3.63) is 51.7 Å². The van der Waals surface area contributed by atoms with Gasteiger partial charge in [-0.1, -0.05) is 11.6 Å². The van der Waals surface area contributed by atoms with Crippen molar-refractivity contribution in [1.82, 2.24) is 0 Å². The summed E-state index contributed by atoms with van der Waals surface area (Å²) in [5.41, 5.74) is 0.862. The van der Waals surface area contributed by atoms with Crippen LogP contribution in [0.3, 0.4) is 0 Å². The molecule has 0 fully saturated rings. The Kier molecular flexibility index (Phi) is 3.89. The van der Waals surface area contributed by atoms with Crippen molar-refractivity contribution >= 4 is 39.6 Å². The van der Waals surface area contributed by atoms with Gasteiger partial charge in [-0.25, -0.2) is 4.79 Å². The zero-order valence-electron chi connectivity index (χ0n) is 9.06. The van der Waals surface area contributed by atoms with Gasteiger partial charge in [-0.15, -0.1) is 0 Å². The smallest absolute Gasteiger partial charge is 0.328 e. The van der Waals surface area contributed by atoms with Gasteiger partial charge >= 0.3 is 5.97 Å². The van der Waals surface area contributed by atoms with E-state index in [1.165, 1.54) is 6.08 Å². The molecule has 0 aliphatic rings. The molecular weight excluding hydrogens is 319 g/mol. The van der Waals surface area contributed by atoms with Crippen molar-refractivity contribution in [2.75, 3.05) is 0 Å². The summed E-state index contributed by atoms with van der Waals surface area (Å²) in [6.45, 7) is 0. The van der Waals surface area contributed by atoms with Crippen LogP contribution in [0, 0.1) is 0 Å². The summed E-state index contributed by atoms with van der Waals surface area (Å²) in [5.74, 6) is 0.0847. The number of hydrogen-bond donors (Lipinski definition) is 1. The molecule has 0 amide bonds. The molecule has 3 nitrogen and oxygen atoms in total. The Morgan fingerprint density at radius 1 is 1.33 bits per heavy atom. The average molecular weight is 328 g/mol. The Bertz CT molecular complexity index is 599. The van der Waals surface area contributed by atoms with Gasteiger partial charge in [0.05, 0.1) is 4.47 Å². The maximum atomic E-state index is 10.4. The molecule has 0 aliphatic carbocycles. The molecule has 0 bridgehead atoms. The second-order valence-corrected chi connectivity index (χ2v) is 4.80. The van der Waals surface area contributed by atoms with Crippen LogP contribution in [0.2, 0.25) is 5.02 Å². The lowest BCUT2D eigenvalue weighted by Gasteiger charge is -1.97. The molecule has 2 rings (SSSR count). The number of halogens is 2. The Morgan fingerprint density at radius 2 is 2.00 bits per heavy atom. The number of aliphatic carboxylic acids is 1. The van der Waals surface area contributed by atoms with Crippen LogP contribution in [-0.2, 0) is 4.79 Å². The number of carboxylic acid groups (broad SMARTS) is 1. The van der Waals surface area contributed by atoms with Crippen LogP contribution in [0.1, 0.15) is 5.76 Å². The molecule has 0 saturated carbocycles. The van der Waals surface area contributed by atoms with Crippen LogP contribution in [0.25, 0.3) is 17.4 Å². The molecule has 2 aromatic rings. The van der Waals surface area contributed by atoms with Gasteiger partial charge in [-0.2, -0.15) is 0 Å². The van der Waals surface area contributed by atoms with Crippen molar-refractivity contribution in [2.24, 2.45) is 0 Å². The van der Waals surface area contributed by atoms with Crippen LogP contribution in [0.5, 0.6) is 0 Å². The number of rotatable bonds is 3. The second kappa shape index (κ2) is 5.42. The zero-order valence-corrected chi connectivity index (χ0v) is 11.4. The first-order valence-electron chi connectivity index (χ1n) is 5.02. The van der Waals surface area contributed by atoms with E-state index in [0.29, 0.717) is 16.5 Å². The van der Waals surface area contributed by atoms with E-state index in [4.69, 9.17) is 21.1 Å². The van der Waals surface area contributed by atoms with Gasteiger partial charge in [0.2, 0.25) is 0 Å². The molecule has 0 aliphatic heterocycles. The third-order valence-electron chi connectivity index (χ3n) is 2.20. The molecule has 1 aromatic heterocycles. The maximum absolute atomic E-state index is 10.4. The molecule has 0 saturated heterocycles. The van der Waals surface area contributed by atoms with E-state index in [2.05, 4.69) is 15.9 Å². The summed E-state index contributed by atoms with van der Waals surface area (Å²) in [6, 6.07) is 8.90. The number of carboxylic acids is 1. The predicted octanol–water partition coefficient (Wildman–Crippen LogP) is 4.46. The lowest BCUT2D eigenvalue weighted by atomic mass is 10.2. The normalized spacial score (nSPS) is 11.0. The van der Waals surface area contributed by atoms with Gasteiger partial charge in [0.25, 0.3) is 0 Å². The van der Waals surface area contributed by atoms with Gasteiger partial charge in [0.15, 0.2) is 0 Å². The monoisotopic (exact) mass is 326 g/mol. The molecule has 5 heteroatoms. The Balaban J connectivity index is 2.34. The average Bonchev–Trinajstić information content (AvgIpc) is 2.69. The molecular formula is C13H8BrClO3. The first kappa shape index (κ1) is 12.9. The first-order chi connectivity index (χ1) is 8.56. The second-order valence-electron chi connectivity index (χ2n) is 3.50. The number of hydrogen-bond acceptors (Lipinski definition) is 2. The minimum absolute atomic E-state index is 0.467. The first-order valence-corrected chi connectivity index (χ1v) is 6.19. The van der Waals surface area contributed by atoms with Crippen molar-refractivity contribution < 1.29 is 14.3 Å². The van der Waals surface area contributed by atoms with E-state index >= 15 is 0 Å². The fourth-order valence-corrected chi connectivity index (χ4v) is 2.08. The Morgan fingerprint density at radius 3 is 2.61 bits per heavy atom. The maximum Gasteiger partial charge on any atom is 0.328 e. The molecule has 1 heterocycles. The van der Waals surface area contributed by atoms with E-state index in [0.717, 1.165) is 16.1 Å². The largest absolute Gasteiger partial charge is 0.478 e. The van der Waals surface area contributed by atoms with E-state index in [9.17, 15) is 4.79 Å². The molecule has 0 atom stereocenters. The van der Waals surface area contributed by atoms with Crippen LogP contribution in [0.4, 0.5) is 0 Å². The van der Waals surface area contributed by atoms with Crippen molar-refractivity contribution in [2.45, 2.75) is 0 Å². The fraction of sp³-hybridized carbons (Fsp3) is 0. The Labute approximate surface area is 117 Å². The molecule has 0 spiro atoms. The summed E-state index contributed by atoms with van der Waals surface area (Å²) < 4.78 is 6.31. The van der Waals surface area contributed by atoms with Crippen molar-refractivity contribution in [3.63, 3.8) is 0 Å². The lowest BCUT2D eigenvalue weighted by Crippen LogP contribution is -1.84. The van der Waals surface area contributed by atoms with Crippen LogP contribution in [0.15, 0.2) is 45.3 Å².